The Morgan fingerprint density at radius 3 is 2.57 bits per heavy atom. The fraction of sp³-hybridized carbons (Fsp3) is 0.250. The Labute approximate surface area is 84.1 Å². The van der Waals surface area contributed by atoms with Gasteiger partial charge in [0, 0.05) is 5.57 Å². The SMILES string of the molecule is C=C(C)c1n(C)c2ccccc2[n+]1C. The third kappa shape index (κ3) is 1.07. The van der Waals surface area contributed by atoms with E-state index in [4.69, 9.17) is 0 Å². The summed E-state index contributed by atoms with van der Waals surface area (Å²) >= 11 is 0. The largest absolute Gasteiger partial charge is 0.284 e. The first kappa shape index (κ1) is 9.00. The summed E-state index contributed by atoms with van der Waals surface area (Å²) in [6.07, 6.45) is 0. The van der Waals surface area contributed by atoms with Crippen LogP contribution in [0.2, 0.25) is 0 Å². The van der Waals surface area contributed by atoms with E-state index in [-0.39, 0.29) is 0 Å². The molecule has 0 aliphatic heterocycles. The van der Waals surface area contributed by atoms with Crippen LogP contribution in [-0.2, 0) is 14.1 Å². The minimum absolute atomic E-state index is 1.09. The molecular weight excluding hydrogens is 172 g/mol. The summed E-state index contributed by atoms with van der Waals surface area (Å²) in [5.74, 6) is 1.17. The summed E-state index contributed by atoms with van der Waals surface area (Å²) in [7, 11) is 4.15. The molecule has 1 aromatic heterocycles. The monoisotopic (exact) mass is 187 g/mol. The van der Waals surface area contributed by atoms with Crippen molar-refractivity contribution in [3.05, 3.63) is 36.7 Å². The number of fused-ring (bicyclic) bond motifs is 1. The third-order valence-corrected chi connectivity index (χ3v) is 2.62. The fourth-order valence-electron chi connectivity index (χ4n) is 2.06. The normalized spacial score (nSPS) is 10.8. The molecule has 0 spiro atoms. The van der Waals surface area contributed by atoms with Crippen molar-refractivity contribution in [3.63, 3.8) is 0 Å². The summed E-state index contributed by atoms with van der Waals surface area (Å²) in [6, 6.07) is 8.37. The van der Waals surface area contributed by atoms with Gasteiger partial charge >= 0.3 is 0 Å². The lowest BCUT2D eigenvalue weighted by Crippen LogP contribution is -2.31. The Morgan fingerprint density at radius 1 is 1.36 bits per heavy atom. The minimum Gasteiger partial charge on any atom is -0.226 e. The lowest BCUT2D eigenvalue weighted by Gasteiger charge is -1.94. The minimum atomic E-state index is 1.09. The molecular formula is C12H15N2+. The van der Waals surface area contributed by atoms with Crippen LogP contribution in [0.3, 0.4) is 0 Å². The molecule has 14 heavy (non-hydrogen) atoms. The second-order valence-electron chi connectivity index (χ2n) is 3.71. The van der Waals surface area contributed by atoms with Gasteiger partial charge in [0.25, 0.3) is 5.82 Å². The van der Waals surface area contributed by atoms with E-state index >= 15 is 0 Å². The van der Waals surface area contributed by atoms with Crippen LogP contribution < -0.4 is 4.57 Å². The van der Waals surface area contributed by atoms with Gasteiger partial charge in [-0.15, -0.1) is 0 Å². The van der Waals surface area contributed by atoms with Crippen LogP contribution in [-0.4, -0.2) is 4.57 Å². The van der Waals surface area contributed by atoms with Crippen molar-refractivity contribution < 1.29 is 4.57 Å². The molecule has 0 saturated carbocycles. The first-order valence-corrected chi connectivity index (χ1v) is 4.72. The average molecular weight is 187 g/mol. The van der Waals surface area contributed by atoms with Gasteiger partial charge < -0.3 is 0 Å². The molecule has 1 heterocycles. The molecule has 0 atom stereocenters. The Bertz CT molecular complexity index is 467. The van der Waals surface area contributed by atoms with Gasteiger partial charge in [-0.05, 0) is 19.1 Å². The summed E-state index contributed by atoms with van der Waals surface area (Å²) in [6.45, 7) is 6.04. The Kier molecular flexibility index (Phi) is 1.92. The molecule has 0 saturated heterocycles. The maximum atomic E-state index is 4.00. The van der Waals surface area contributed by atoms with Gasteiger partial charge in [0.2, 0.25) is 0 Å². The number of imidazole rings is 1. The Hall–Kier alpha value is -1.57. The van der Waals surface area contributed by atoms with Crippen LogP contribution in [0.15, 0.2) is 30.8 Å². The number of allylic oxidation sites excluding steroid dienone is 1. The number of hydrogen-bond donors (Lipinski definition) is 0. The standard InChI is InChI=1S/C12H15N2/c1-9(2)12-13(3)10-7-5-6-8-11(10)14(12)4/h5-8H,1H2,2-4H3/q+1. The van der Waals surface area contributed by atoms with Gasteiger partial charge in [-0.3, -0.25) is 0 Å². The number of aromatic nitrogens is 2. The molecule has 2 rings (SSSR count). The van der Waals surface area contributed by atoms with E-state index in [1.165, 1.54) is 16.9 Å². The third-order valence-electron chi connectivity index (χ3n) is 2.62. The van der Waals surface area contributed by atoms with Crippen LogP contribution in [0, 0.1) is 0 Å². The maximum Gasteiger partial charge on any atom is 0.284 e. The summed E-state index contributed by atoms with van der Waals surface area (Å²) in [5, 5.41) is 0. The Morgan fingerprint density at radius 2 is 2.00 bits per heavy atom. The van der Waals surface area contributed by atoms with Crippen LogP contribution in [0.1, 0.15) is 12.7 Å². The number of nitrogens with zero attached hydrogens (tertiary/aromatic N) is 2. The van der Waals surface area contributed by atoms with E-state index in [0.717, 1.165) is 5.57 Å². The highest BCUT2D eigenvalue weighted by atomic mass is 15.1. The topological polar surface area (TPSA) is 8.81 Å². The molecule has 1 aromatic carbocycles. The van der Waals surface area contributed by atoms with E-state index in [0.29, 0.717) is 0 Å². The predicted molar refractivity (Wildman–Crippen MR) is 58.8 cm³/mol. The van der Waals surface area contributed by atoms with E-state index in [1.807, 2.05) is 6.92 Å². The van der Waals surface area contributed by atoms with Crippen molar-refractivity contribution in [2.45, 2.75) is 6.92 Å². The van der Waals surface area contributed by atoms with E-state index in [1.54, 1.807) is 0 Å². The molecule has 0 N–H and O–H groups in total. The molecule has 72 valence electrons. The number of para-hydroxylation sites is 2. The van der Waals surface area contributed by atoms with Crippen molar-refractivity contribution in [1.29, 1.82) is 0 Å². The van der Waals surface area contributed by atoms with E-state index in [2.05, 4.69) is 54.1 Å². The Balaban J connectivity index is 2.92. The van der Waals surface area contributed by atoms with Crippen LogP contribution >= 0.6 is 0 Å². The summed E-state index contributed by atoms with van der Waals surface area (Å²) in [5.41, 5.74) is 3.58. The lowest BCUT2D eigenvalue weighted by atomic mass is 10.3. The van der Waals surface area contributed by atoms with E-state index < -0.39 is 0 Å². The fourth-order valence-corrected chi connectivity index (χ4v) is 2.06. The second kappa shape index (κ2) is 2.98. The second-order valence-corrected chi connectivity index (χ2v) is 3.71. The molecule has 0 amide bonds. The number of hydrogen-bond acceptors (Lipinski definition) is 0. The van der Waals surface area contributed by atoms with Gasteiger partial charge in [-0.1, -0.05) is 18.7 Å². The number of benzene rings is 1. The van der Waals surface area contributed by atoms with Crippen molar-refractivity contribution in [1.82, 2.24) is 4.57 Å². The lowest BCUT2D eigenvalue weighted by molar-refractivity contribution is -0.648. The molecule has 2 aromatic rings. The number of aryl methyl sites for hydroxylation is 2. The summed E-state index contributed by atoms with van der Waals surface area (Å²) < 4.78 is 4.36. The molecule has 2 heteroatoms. The van der Waals surface area contributed by atoms with Gasteiger partial charge in [-0.25, -0.2) is 9.13 Å². The van der Waals surface area contributed by atoms with Gasteiger partial charge in [0.15, 0.2) is 11.0 Å². The molecule has 0 aliphatic rings. The van der Waals surface area contributed by atoms with Crippen LogP contribution in [0.5, 0.6) is 0 Å². The quantitative estimate of drug-likeness (QED) is 0.604. The van der Waals surface area contributed by atoms with Crippen molar-refractivity contribution >= 4 is 16.6 Å². The van der Waals surface area contributed by atoms with Crippen molar-refractivity contribution in [3.8, 4) is 0 Å². The summed E-state index contributed by atoms with van der Waals surface area (Å²) in [4.78, 5) is 0. The van der Waals surface area contributed by atoms with Crippen molar-refractivity contribution in [2.24, 2.45) is 14.1 Å². The maximum absolute atomic E-state index is 4.00. The van der Waals surface area contributed by atoms with Crippen LogP contribution in [0.25, 0.3) is 16.6 Å². The molecule has 0 radical (unpaired) electrons. The zero-order valence-electron chi connectivity index (χ0n) is 8.91. The first-order chi connectivity index (χ1) is 6.63. The van der Waals surface area contributed by atoms with Crippen molar-refractivity contribution in [2.75, 3.05) is 0 Å². The highest BCUT2D eigenvalue weighted by Crippen LogP contribution is 2.16. The zero-order valence-corrected chi connectivity index (χ0v) is 8.91. The molecule has 0 aliphatic carbocycles. The molecule has 0 fully saturated rings. The highest BCUT2D eigenvalue weighted by molar-refractivity contribution is 5.74. The number of rotatable bonds is 1. The molecule has 0 bridgehead atoms. The zero-order chi connectivity index (χ0) is 10.3. The van der Waals surface area contributed by atoms with Crippen LogP contribution in [0.4, 0.5) is 0 Å². The van der Waals surface area contributed by atoms with Gasteiger partial charge in [0.05, 0.1) is 14.1 Å². The van der Waals surface area contributed by atoms with E-state index in [9.17, 15) is 0 Å². The first-order valence-electron chi connectivity index (χ1n) is 4.72. The van der Waals surface area contributed by atoms with Gasteiger partial charge in [-0.2, -0.15) is 0 Å². The highest BCUT2D eigenvalue weighted by Gasteiger charge is 2.19. The predicted octanol–water partition coefficient (Wildman–Crippen LogP) is 2.04. The molecule has 0 unspecified atom stereocenters. The smallest absolute Gasteiger partial charge is 0.226 e. The van der Waals surface area contributed by atoms with Gasteiger partial charge in [0.1, 0.15) is 0 Å². The molecule has 2 nitrogen and oxygen atoms in total. The average Bonchev–Trinajstić information content (AvgIpc) is 2.41.